The lowest BCUT2D eigenvalue weighted by atomic mass is 9.80. The molecule has 1 fully saturated rings. The number of nitrogens with zero attached hydrogens (tertiary/aromatic N) is 1. The van der Waals surface area contributed by atoms with Crippen molar-refractivity contribution in [3.8, 4) is 11.1 Å². The summed E-state index contributed by atoms with van der Waals surface area (Å²) in [5, 5.41) is 7.16. The predicted octanol–water partition coefficient (Wildman–Crippen LogP) is 4.07. The third-order valence-electron chi connectivity index (χ3n) is 6.60. The van der Waals surface area contributed by atoms with Gasteiger partial charge < -0.3 is 16.4 Å². The number of aromatic nitrogens is 1. The monoisotopic (exact) mass is 452 g/mol. The quantitative estimate of drug-likeness (QED) is 0.557. The Hall–Kier alpha value is -3.26. The van der Waals surface area contributed by atoms with Gasteiger partial charge in [0.05, 0.1) is 16.8 Å². The van der Waals surface area contributed by atoms with Crippen LogP contribution in [-0.2, 0) is 6.42 Å². The Morgan fingerprint density at radius 1 is 1.21 bits per heavy atom. The first-order valence-electron chi connectivity index (χ1n) is 11.1. The fraction of sp³-hybridized carbons (Fsp3) is 0.360. The fourth-order valence-electron chi connectivity index (χ4n) is 5.21. The van der Waals surface area contributed by atoms with E-state index in [1.165, 1.54) is 18.2 Å². The van der Waals surface area contributed by atoms with Crippen LogP contribution in [-0.4, -0.2) is 35.5 Å². The second-order valence-corrected chi connectivity index (χ2v) is 9.81. The number of carbonyl (C=O) groups is 2. The number of amides is 1. The highest BCUT2D eigenvalue weighted by molar-refractivity contribution is 6.06. The molecule has 1 saturated heterocycles. The molecular formula is C25H26F2N4O2. The second-order valence-electron chi connectivity index (χ2n) is 9.81. The van der Waals surface area contributed by atoms with Crippen molar-refractivity contribution in [1.29, 1.82) is 0 Å². The molecule has 33 heavy (non-hydrogen) atoms. The lowest BCUT2D eigenvalue weighted by molar-refractivity contribution is 0.0816. The minimum atomic E-state index is -0.852. The number of benzene rings is 2. The van der Waals surface area contributed by atoms with Crippen molar-refractivity contribution in [1.82, 2.24) is 9.88 Å². The van der Waals surface area contributed by atoms with Gasteiger partial charge in [0.1, 0.15) is 11.6 Å². The molecule has 8 heteroatoms. The average molecular weight is 453 g/mol. The number of halogens is 2. The summed E-state index contributed by atoms with van der Waals surface area (Å²) in [7, 11) is 0. The Morgan fingerprint density at radius 3 is 2.70 bits per heavy atom. The van der Waals surface area contributed by atoms with Crippen LogP contribution < -0.4 is 16.4 Å². The minimum Gasteiger partial charge on any atom is -0.380 e. The first kappa shape index (κ1) is 21.6. The van der Waals surface area contributed by atoms with Crippen molar-refractivity contribution in [3.05, 3.63) is 53.2 Å². The van der Waals surface area contributed by atoms with Crippen LogP contribution in [0, 0.1) is 17.0 Å². The zero-order chi connectivity index (χ0) is 23.5. The van der Waals surface area contributed by atoms with Gasteiger partial charge in [0.15, 0.2) is 0 Å². The van der Waals surface area contributed by atoms with Crippen LogP contribution in [0.4, 0.5) is 14.5 Å². The summed E-state index contributed by atoms with van der Waals surface area (Å²) < 4.78 is 31.0. The van der Waals surface area contributed by atoms with Gasteiger partial charge in [0, 0.05) is 35.7 Å². The van der Waals surface area contributed by atoms with Gasteiger partial charge in [0.25, 0.3) is 5.91 Å². The molecule has 2 aliphatic heterocycles. The fourth-order valence-corrected chi connectivity index (χ4v) is 5.21. The van der Waals surface area contributed by atoms with Crippen LogP contribution >= 0.6 is 0 Å². The molecule has 1 atom stereocenters. The summed E-state index contributed by atoms with van der Waals surface area (Å²) in [6.07, 6.45) is 1.73. The number of fused-ring (bicyclic) bond motifs is 3. The summed E-state index contributed by atoms with van der Waals surface area (Å²) in [5.41, 5.74) is 7.72. The molecule has 0 unspecified atom stereocenters. The lowest BCUT2D eigenvalue weighted by Crippen LogP contribution is -2.31. The third-order valence-corrected chi connectivity index (χ3v) is 6.60. The normalized spacial score (nSPS) is 19.6. The van der Waals surface area contributed by atoms with E-state index in [9.17, 15) is 14.0 Å². The average Bonchev–Trinajstić information content (AvgIpc) is 3.31. The van der Waals surface area contributed by atoms with E-state index >= 15 is 4.39 Å². The highest BCUT2D eigenvalue weighted by atomic mass is 19.1. The maximum atomic E-state index is 15.3. The highest BCUT2D eigenvalue weighted by Crippen LogP contribution is 2.44. The van der Waals surface area contributed by atoms with E-state index in [1.54, 1.807) is 16.7 Å². The van der Waals surface area contributed by atoms with Crippen LogP contribution in [0.15, 0.2) is 30.3 Å². The van der Waals surface area contributed by atoms with Crippen molar-refractivity contribution in [2.75, 3.05) is 18.4 Å². The number of primary amides is 1. The molecule has 0 bridgehead atoms. The summed E-state index contributed by atoms with van der Waals surface area (Å²) >= 11 is 0. The highest BCUT2D eigenvalue weighted by Gasteiger charge is 2.35. The van der Waals surface area contributed by atoms with Gasteiger partial charge in [-0.3, -0.25) is 14.2 Å². The first-order valence-corrected chi connectivity index (χ1v) is 11.1. The third kappa shape index (κ3) is 3.68. The Morgan fingerprint density at radius 2 is 2.00 bits per heavy atom. The molecule has 5 rings (SSSR count). The SMILES string of the molecule is CC1(C)CC(=O)n2c(c(-c3cc(F)c(C(N)=O)c(N[C@@H]4CCNC4)c3)c3ccc(F)cc32)C1. The second kappa shape index (κ2) is 7.66. The maximum absolute atomic E-state index is 15.3. The van der Waals surface area contributed by atoms with Crippen molar-refractivity contribution >= 4 is 28.4 Å². The number of nitrogens with two attached hydrogens (primary N) is 1. The van der Waals surface area contributed by atoms with Crippen LogP contribution in [0.1, 0.15) is 47.5 Å². The number of anilines is 1. The van der Waals surface area contributed by atoms with Gasteiger partial charge >= 0.3 is 0 Å². The molecule has 0 spiro atoms. The van der Waals surface area contributed by atoms with Crippen LogP contribution in [0.2, 0.25) is 0 Å². The molecular weight excluding hydrogens is 426 g/mol. The van der Waals surface area contributed by atoms with Crippen molar-refractivity contribution in [3.63, 3.8) is 0 Å². The standard InChI is InChI=1S/C25H26F2N4O2/c1-25(2)10-20-22(16-4-3-14(26)9-19(16)31(20)21(32)11-25)13-7-17(27)23(24(28)33)18(8-13)30-15-5-6-29-12-15/h3-4,7-9,15,29-30H,5-6,10-12H2,1-2H3,(H2,28,33)/t15-/m1/s1. The van der Waals surface area contributed by atoms with Gasteiger partial charge in [-0.2, -0.15) is 0 Å². The Kier molecular flexibility index (Phi) is 5.01. The van der Waals surface area contributed by atoms with Gasteiger partial charge in [-0.05, 0) is 60.7 Å². The van der Waals surface area contributed by atoms with Crippen LogP contribution in [0.25, 0.3) is 22.0 Å². The summed E-state index contributed by atoms with van der Waals surface area (Å²) in [5.74, 6) is -2.15. The number of hydrogen-bond acceptors (Lipinski definition) is 4. The van der Waals surface area contributed by atoms with Crippen LogP contribution in [0.5, 0.6) is 0 Å². The molecule has 3 heterocycles. The van der Waals surface area contributed by atoms with Gasteiger partial charge in [-0.25, -0.2) is 8.78 Å². The number of carbonyl (C=O) groups excluding carboxylic acids is 2. The van der Waals surface area contributed by atoms with Gasteiger partial charge in [0.2, 0.25) is 5.91 Å². The Bertz CT molecular complexity index is 1310. The van der Waals surface area contributed by atoms with Crippen LogP contribution in [0.3, 0.4) is 0 Å². The van der Waals surface area contributed by atoms with Crippen molar-refractivity contribution < 1.29 is 18.4 Å². The van der Waals surface area contributed by atoms with E-state index in [-0.39, 0.29) is 22.9 Å². The lowest BCUT2D eigenvalue weighted by Gasteiger charge is -2.30. The molecule has 0 saturated carbocycles. The predicted molar refractivity (Wildman–Crippen MR) is 123 cm³/mol. The van der Waals surface area contributed by atoms with E-state index in [2.05, 4.69) is 10.6 Å². The molecule has 2 aliphatic rings. The molecule has 0 aliphatic carbocycles. The first-order chi connectivity index (χ1) is 15.6. The Balaban J connectivity index is 1.77. The topological polar surface area (TPSA) is 89.2 Å². The summed E-state index contributed by atoms with van der Waals surface area (Å²) in [6, 6.07) is 7.34. The summed E-state index contributed by atoms with van der Waals surface area (Å²) in [6.45, 7) is 5.53. The van der Waals surface area contributed by atoms with E-state index in [4.69, 9.17) is 5.73 Å². The zero-order valence-electron chi connectivity index (χ0n) is 18.6. The van der Waals surface area contributed by atoms with E-state index in [0.717, 1.165) is 18.7 Å². The smallest absolute Gasteiger partial charge is 0.253 e. The maximum Gasteiger partial charge on any atom is 0.253 e. The molecule has 2 aromatic carbocycles. The molecule has 1 amide bonds. The molecule has 172 valence electrons. The van der Waals surface area contributed by atoms with Crippen molar-refractivity contribution in [2.24, 2.45) is 11.1 Å². The van der Waals surface area contributed by atoms with Gasteiger partial charge in [-0.15, -0.1) is 0 Å². The van der Waals surface area contributed by atoms with E-state index in [0.29, 0.717) is 47.1 Å². The largest absolute Gasteiger partial charge is 0.380 e. The zero-order valence-corrected chi connectivity index (χ0v) is 18.6. The van der Waals surface area contributed by atoms with Gasteiger partial charge in [-0.1, -0.05) is 13.8 Å². The number of nitrogens with one attached hydrogen (secondary N) is 2. The van der Waals surface area contributed by atoms with E-state index in [1.807, 2.05) is 13.8 Å². The molecule has 3 aromatic rings. The molecule has 1 aromatic heterocycles. The van der Waals surface area contributed by atoms with E-state index < -0.39 is 17.5 Å². The molecule has 6 nitrogen and oxygen atoms in total. The minimum absolute atomic E-state index is 0.0343. The number of rotatable bonds is 4. The molecule has 4 N–H and O–H groups in total. The Labute approximate surface area is 190 Å². The molecule has 0 radical (unpaired) electrons. The summed E-state index contributed by atoms with van der Waals surface area (Å²) in [4.78, 5) is 25.1. The number of hydrogen-bond donors (Lipinski definition) is 3. The van der Waals surface area contributed by atoms with Crippen molar-refractivity contribution in [2.45, 2.75) is 39.2 Å².